The fourth-order valence-corrected chi connectivity index (χ4v) is 1.95. The van der Waals surface area contributed by atoms with Crippen molar-refractivity contribution in [2.24, 2.45) is 0 Å². The molecular weight excluding hydrogens is 224 g/mol. The van der Waals surface area contributed by atoms with E-state index in [1.54, 1.807) is 0 Å². The van der Waals surface area contributed by atoms with Gasteiger partial charge in [-0.1, -0.05) is 55.2 Å². The molecular formula is C15H22OSi. The first-order chi connectivity index (χ1) is 8.24. The molecule has 0 aliphatic carbocycles. The van der Waals surface area contributed by atoms with E-state index < -0.39 is 8.80 Å². The Morgan fingerprint density at radius 2 is 2.00 bits per heavy atom. The maximum absolute atomic E-state index is 5.85. The van der Waals surface area contributed by atoms with Crippen LogP contribution in [0.3, 0.4) is 0 Å². The van der Waals surface area contributed by atoms with Crippen molar-refractivity contribution < 1.29 is 4.74 Å². The third kappa shape index (κ3) is 5.55. The van der Waals surface area contributed by atoms with E-state index in [-0.39, 0.29) is 6.10 Å². The van der Waals surface area contributed by atoms with Crippen LogP contribution < -0.4 is 0 Å². The zero-order valence-corrected chi connectivity index (χ0v) is 12.0. The molecule has 0 fully saturated rings. The zero-order valence-electron chi connectivity index (χ0n) is 10.8. The zero-order chi connectivity index (χ0) is 12.5. The van der Waals surface area contributed by atoms with Gasteiger partial charge in [0.1, 0.15) is 6.10 Å². The number of ether oxygens (including phenoxy) is 1. The van der Waals surface area contributed by atoms with Crippen molar-refractivity contribution in [2.45, 2.75) is 32.0 Å². The van der Waals surface area contributed by atoms with Gasteiger partial charge in [-0.25, -0.2) is 0 Å². The van der Waals surface area contributed by atoms with Crippen LogP contribution in [0.1, 0.15) is 24.5 Å². The Morgan fingerprint density at radius 1 is 1.29 bits per heavy atom. The Bertz CT molecular complexity index is 343. The molecule has 1 unspecified atom stereocenters. The number of hydrogen-bond acceptors (Lipinski definition) is 1. The maximum Gasteiger partial charge on any atom is 0.123 e. The average molecular weight is 246 g/mol. The maximum atomic E-state index is 5.85. The highest BCUT2D eigenvalue weighted by Crippen LogP contribution is 2.23. The summed E-state index contributed by atoms with van der Waals surface area (Å²) in [5.41, 5.74) is 3.45. The molecule has 0 N–H and O–H groups in total. The minimum atomic E-state index is -0.676. The van der Waals surface area contributed by atoms with E-state index >= 15 is 0 Å². The molecule has 2 heteroatoms. The first kappa shape index (κ1) is 13.8. The Balaban J connectivity index is 2.63. The van der Waals surface area contributed by atoms with Crippen LogP contribution in [0.4, 0.5) is 0 Å². The molecule has 0 bridgehead atoms. The minimum Gasteiger partial charge on any atom is -0.494 e. The lowest BCUT2D eigenvalue weighted by atomic mass is 10.1. The molecule has 0 saturated heterocycles. The molecule has 0 aliphatic heterocycles. The van der Waals surface area contributed by atoms with E-state index in [1.807, 2.05) is 18.4 Å². The van der Waals surface area contributed by atoms with Gasteiger partial charge >= 0.3 is 0 Å². The molecule has 0 aromatic heterocycles. The van der Waals surface area contributed by atoms with Crippen LogP contribution in [0.2, 0.25) is 13.1 Å². The van der Waals surface area contributed by atoms with Crippen molar-refractivity contribution in [3.05, 3.63) is 60.5 Å². The van der Waals surface area contributed by atoms with E-state index in [2.05, 4.69) is 49.6 Å². The molecule has 0 aliphatic rings. The lowest BCUT2D eigenvalue weighted by molar-refractivity contribution is 0.138. The average Bonchev–Trinajstić information content (AvgIpc) is 2.34. The molecule has 0 spiro atoms. The van der Waals surface area contributed by atoms with Gasteiger partial charge in [0, 0.05) is 0 Å². The van der Waals surface area contributed by atoms with Crippen molar-refractivity contribution in [1.82, 2.24) is 0 Å². The number of benzene rings is 1. The lowest BCUT2D eigenvalue weighted by Crippen LogP contribution is -2.01. The van der Waals surface area contributed by atoms with Gasteiger partial charge in [-0.15, -0.1) is 6.58 Å². The topological polar surface area (TPSA) is 9.23 Å². The van der Waals surface area contributed by atoms with Crippen molar-refractivity contribution in [3.8, 4) is 0 Å². The molecule has 0 radical (unpaired) electrons. The summed E-state index contributed by atoms with van der Waals surface area (Å²) in [7, 11) is -0.676. The van der Waals surface area contributed by atoms with Crippen LogP contribution in [0.5, 0.6) is 0 Å². The third-order valence-electron chi connectivity index (χ3n) is 2.51. The first-order valence-electron chi connectivity index (χ1n) is 6.22. The first-order valence-corrected chi connectivity index (χ1v) is 9.19. The molecule has 0 heterocycles. The SMILES string of the molecule is C=CCCC(OC=C[SiH](C)C)c1ccccc1. The van der Waals surface area contributed by atoms with Crippen LogP contribution in [0.15, 0.2) is 54.9 Å². The van der Waals surface area contributed by atoms with E-state index in [9.17, 15) is 0 Å². The van der Waals surface area contributed by atoms with Gasteiger partial charge in [0.25, 0.3) is 0 Å². The third-order valence-corrected chi connectivity index (χ3v) is 3.44. The summed E-state index contributed by atoms with van der Waals surface area (Å²) in [4.78, 5) is 0. The highest BCUT2D eigenvalue weighted by atomic mass is 28.3. The fourth-order valence-electron chi connectivity index (χ4n) is 1.55. The summed E-state index contributed by atoms with van der Waals surface area (Å²) in [6.07, 6.45) is 5.94. The van der Waals surface area contributed by atoms with Crippen molar-refractivity contribution in [2.75, 3.05) is 0 Å². The van der Waals surface area contributed by atoms with Gasteiger partial charge in [0.05, 0.1) is 15.1 Å². The molecule has 1 rings (SSSR count). The highest BCUT2D eigenvalue weighted by molar-refractivity contribution is 6.61. The van der Waals surface area contributed by atoms with E-state index in [0.717, 1.165) is 12.8 Å². The minimum absolute atomic E-state index is 0.151. The van der Waals surface area contributed by atoms with Crippen molar-refractivity contribution in [1.29, 1.82) is 0 Å². The van der Waals surface area contributed by atoms with Crippen LogP contribution in [0, 0.1) is 0 Å². The fraction of sp³-hybridized carbons (Fsp3) is 0.333. The summed E-state index contributed by atoms with van der Waals surface area (Å²) in [6.45, 7) is 8.33. The Morgan fingerprint density at radius 3 is 2.59 bits per heavy atom. The van der Waals surface area contributed by atoms with Crippen LogP contribution >= 0.6 is 0 Å². The predicted molar refractivity (Wildman–Crippen MR) is 77.7 cm³/mol. The molecule has 1 atom stereocenters. The van der Waals surface area contributed by atoms with E-state index in [0.29, 0.717) is 0 Å². The summed E-state index contributed by atoms with van der Waals surface area (Å²) >= 11 is 0. The van der Waals surface area contributed by atoms with Crippen molar-refractivity contribution >= 4 is 8.80 Å². The lowest BCUT2D eigenvalue weighted by Gasteiger charge is -2.16. The largest absolute Gasteiger partial charge is 0.494 e. The van der Waals surface area contributed by atoms with Crippen LogP contribution in [-0.2, 0) is 4.74 Å². The van der Waals surface area contributed by atoms with E-state index in [4.69, 9.17) is 4.74 Å². The molecule has 1 aromatic carbocycles. The van der Waals surface area contributed by atoms with Gasteiger partial charge in [-0.2, -0.15) is 0 Å². The molecule has 0 saturated carbocycles. The predicted octanol–water partition coefficient (Wildman–Crippen LogP) is 4.25. The standard InChI is InChI=1S/C15H22OSi/c1-4-5-11-15(16-12-13-17(2)3)14-9-7-6-8-10-14/h4,6-10,12-13,15,17H,1,5,11H2,2-3H3. The summed E-state index contributed by atoms with van der Waals surface area (Å²) in [6, 6.07) is 10.4. The molecule has 1 nitrogen and oxygen atoms in total. The monoisotopic (exact) mass is 246 g/mol. The van der Waals surface area contributed by atoms with Gasteiger partial charge in [0.15, 0.2) is 0 Å². The van der Waals surface area contributed by atoms with E-state index in [1.165, 1.54) is 5.56 Å². The van der Waals surface area contributed by atoms with Crippen LogP contribution in [0.25, 0.3) is 0 Å². The quantitative estimate of drug-likeness (QED) is 0.397. The number of rotatable bonds is 7. The van der Waals surface area contributed by atoms with Crippen molar-refractivity contribution in [3.63, 3.8) is 0 Å². The second kappa shape index (κ2) is 7.90. The molecule has 0 amide bonds. The Hall–Kier alpha value is -1.28. The molecule has 92 valence electrons. The summed E-state index contributed by atoms with van der Waals surface area (Å²) < 4.78 is 5.85. The highest BCUT2D eigenvalue weighted by Gasteiger charge is 2.09. The Kier molecular flexibility index (Phi) is 6.41. The number of allylic oxidation sites excluding steroid dienone is 1. The van der Waals surface area contributed by atoms with Gasteiger partial charge in [0.2, 0.25) is 0 Å². The Labute approximate surface area is 106 Å². The normalized spacial score (nSPS) is 12.9. The van der Waals surface area contributed by atoms with Gasteiger partial charge in [-0.3, -0.25) is 0 Å². The smallest absolute Gasteiger partial charge is 0.123 e. The number of hydrogen-bond donors (Lipinski definition) is 0. The van der Waals surface area contributed by atoms with Crippen LogP contribution in [-0.4, -0.2) is 8.80 Å². The second-order valence-corrected chi connectivity index (χ2v) is 7.35. The van der Waals surface area contributed by atoms with Gasteiger partial charge < -0.3 is 4.74 Å². The summed E-state index contributed by atoms with van der Waals surface area (Å²) in [5, 5.41) is 0. The van der Waals surface area contributed by atoms with Gasteiger partial charge in [-0.05, 0) is 18.4 Å². The molecule has 1 aromatic rings. The summed E-state index contributed by atoms with van der Waals surface area (Å²) in [5.74, 6) is 0. The molecule has 17 heavy (non-hydrogen) atoms. The second-order valence-electron chi connectivity index (χ2n) is 4.47.